The molecular weight excluding hydrogens is 304 g/mol. The van der Waals surface area contributed by atoms with Crippen LogP contribution >= 0.6 is 23.1 Å². The minimum atomic E-state index is 0.682. The van der Waals surface area contributed by atoms with E-state index in [1.165, 1.54) is 0 Å². The van der Waals surface area contributed by atoms with Gasteiger partial charge in [-0.05, 0) is 17.9 Å². The van der Waals surface area contributed by atoms with Gasteiger partial charge in [-0.2, -0.15) is 0 Å². The van der Waals surface area contributed by atoms with Crippen LogP contribution in [0.4, 0.5) is 5.82 Å². The summed E-state index contributed by atoms with van der Waals surface area (Å²) in [5.41, 5.74) is 0. The second-order valence-electron chi connectivity index (χ2n) is 4.57. The maximum atomic E-state index is 4.65. The molecule has 3 heterocycles. The Hall–Kier alpha value is -1.67. The predicted octanol–water partition coefficient (Wildman–Crippen LogP) is 2.93. The molecule has 3 rings (SSSR count). The summed E-state index contributed by atoms with van der Waals surface area (Å²) in [4.78, 5) is 10.3. The monoisotopic (exact) mass is 320 g/mol. The molecule has 0 aliphatic rings. The highest BCUT2D eigenvalue weighted by atomic mass is 32.2. The number of hydrogen-bond donors (Lipinski definition) is 1. The maximum absolute atomic E-state index is 4.65. The largest absolute Gasteiger partial charge is 0.369 e. The molecule has 0 radical (unpaired) electrons. The van der Waals surface area contributed by atoms with E-state index in [1.54, 1.807) is 29.4 Å². The number of aryl methyl sites for hydroxylation is 1. The van der Waals surface area contributed by atoms with Crippen LogP contribution in [-0.2, 0) is 12.8 Å². The Balaban J connectivity index is 1.83. The minimum Gasteiger partial charge on any atom is -0.369 e. The topological polar surface area (TPSA) is 68.5 Å². The van der Waals surface area contributed by atoms with Crippen LogP contribution in [0.3, 0.4) is 0 Å². The van der Waals surface area contributed by atoms with Crippen molar-refractivity contribution < 1.29 is 0 Å². The molecule has 0 aliphatic carbocycles. The third-order valence-electron chi connectivity index (χ3n) is 2.91. The molecule has 0 amide bonds. The van der Waals surface area contributed by atoms with Gasteiger partial charge in [0.15, 0.2) is 5.16 Å². The highest BCUT2D eigenvalue weighted by Gasteiger charge is 2.10. The van der Waals surface area contributed by atoms with E-state index in [0.29, 0.717) is 5.75 Å². The first-order valence-corrected chi connectivity index (χ1v) is 8.59. The fourth-order valence-corrected chi connectivity index (χ4v) is 3.40. The highest BCUT2D eigenvalue weighted by Crippen LogP contribution is 2.27. The third kappa shape index (κ3) is 3.16. The maximum Gasteiger partial charge on any atom is 0.191 e. The number of hydrogen-bond acceptors (Lipinski definition) is 7. The Labute approximate surface area is 131 Å². The Morgan fingerprint density at radius 3 is 3.05 bits per heavy atom. The van der Waals surface area contributed by atoms with Gasteiger partial charge in [-0.15, -0.1) is 21.5 Å². The lowest BCUT2D eigenvalue weighted by Crippen LogP contribution is -2.05. The number of nitrogens with one attached hydrogen (secondary N) is 1. The van der Waals surface area contributed by atoms with Gasteiger partial charge in [-0.3, -0.25) is 0 Å². The fraction of sp³-hybridized carbons (Fsp3) is 0.385. The van der Waals surface area contributed by atoms with E-state index >= 15 is 0 Å². The molecule has 0 saturated carbocycles. The lowest BCUT2D eigenvalue weighted by Gasteiger charge is -2.07. The summed E-state index contributed by atoms with van der Waals surface area (Å²) >= 11 is 3.23. The van der Waals surface area contributed by atoms with Crippen molar-refractivity contribution in [2.75, 3.05) is 11.9 Å². The van der Waals surface area contributed by atoms with Gasteiger partial charge in [0.25, 0.3) is 0 Å². The molecule has 3 aromatic rings. The molecule has 0 atom stereocenters. The summed E-state index contributed by atoms with van der Waals surface area (Å²) in [5, 5.41) is 15.3. The molecule has 6 nitrogen and oxygen atoms in total. The van der Waals surface area contributed by atoms with Crippen LogP contribution in [0.2, 0.25) is 0 Å². The number of aromatic nitrogens is 5. The summed E-state index contributed by atoms with van der Waals surface area (Å²) in [6.07, 6.45) is 2.76. The lowest BCUT2D eigenvalue weighted by atomic mass is 10.3. The molecule has 0 fully saturated rings. The summed E-state index contributed by atoms with van der Waals surface area (Å²) in [7, 11) is 1.93. The Morgan fingerprint density at radius 2 is 2.29 bits per heavy atom. The fourth-order valence-electron chi connectivity index (χ4n) is 1.87. The zero-order chi connectivity index (χ0) is 14.7. The van der Waals surface area contributed by atoms with E-state index < -0.39 is 0 Å². The molecule has 0 spiro atoms. The molecule has 0 bridgehead atoms. The zero-order valence-corrected chi connectivity index (χ0v) is 13.5. The number of thiophene rings is 1. The summed E-state index contributed by atoms with van der Waals surface area (Å²) < 4.78 is 1.89. The molecule has 8 heteroatoms. The quantitative estimate of drug-likeness (QED) is 0.704. The van der Waals surface area contributed by atoms with E-state index in [-0.39, 0.29) is 0 Å². The molecule has 0 saturated heterocycles. The highest BCUT2D eigenvalue weighted by molar-refractivity contribution is 7.98. The zero-order valence-electron chi connectivity index (χ0n) is 11.9. The van der Waals surface area contributed by atoms with Gasteiger partial charge in [0.05, 0.1) is 11.1 Å². The number of fused-ring (bicyclic) bond motifs is 1. The SMILES string of the molecule is CCCNc1nc(CSc2nncn2C)nc2sccc12. The van der Waals surface area contributed by atoms with Gasteiger partial charge in [0.1, 0.15) is 22.8 Å². The average Bonchev–Trinajstić information content (AvgIpc) is 3.11. The predicted molar refractivity (Wildman–Crippen MR) is 86.8 cm³/mol. The molecule has 1 N–H and O–H groups in total. The van der Waals surface area contributed by atoms with Crippen LogP contribution in [0.25, 0.3) is 10.2 Å². The van der Waals surface area contributed by atoms with E-state index in [1.807, 2.05) is 11.6 Å². The Bertz CT molecular complexity index is 735. The van der Waals surface area contributed by atoms with E-state index in [0.717, 1.165) is 40.0 Å². The van der Waals surface area contributed by atoms with Crippen LogP contribution in [0.15, 0.2) is 22.9 Å². The van der Waals surface area contributed by atoms with Crippen LogP contribution in [0, 0.1) is 0 Å². The van der Waals surface area contributed by atoms with Crippen LogP contribution in [0.1, 0.15) is 19.2 Å². The summed E-state index contributed by atoms with van der Waals surface area (Å²) in [6.45, 7) is 3.06. The average molecular weight is 320 g/mol. The van der Waals surface area contributed by atoms with E-state index in [9.17, 15) is 0 Å². The molecule has 0 unspecified atom stereocenters. The van der Waals surface area contributed by atoms with Gasteiger partial charge >= 0.3 is 0 Å². The smallest absolute Gasteiger partial charge is 0.191 e. The van der Waals surface area contributed by atoms with Crippen LogP contribution in [0.5, 0.6) is 0 Å². The minimum absolute atomic E-state index is 0.682. The van der Waals surface area contributed by atoms with Crippen LogP contribution < -0.4 is 5.32 Å². The first-order valence-electron chi connectivity index (χ1n) is 6.72. The van der Waals surface area contributed by atoms with Crippen molar-refractivity contribution in [1.29, 1.82) is 0 Å². The lowest BCUT2D eigenvalue weighted by molar-refractivity contribution is 0.787. The van der Waals surface area contributed by atoms with Crippen molar-refractivity contribution in [2.45, 2.75) is 24.3 Å². The van der Waals surface area contributed by atoms with Crippen molar-refractivity contribution in [2.24, 2.45) is 7.05 Å². The number of rotatable bonds is 6. The standard InChI is InChI=1S/C13H16N6S2/c1-3-5-14-11-9-4-6-20-12(9)17-10(16-11)7-21-13-18-15-8-19(13)2/h4,6,8H,3,5,7H2,1-2H3,(H,14,16,17). The summed E-state index contributed by atoms with van der Waals surface area (Å²) in [6, 6.07) is 2.07. The van der Waals surface area contributed by atoms with Crippen molar-refractivity contribution in [3.05, 3.63) is 23.6 Å². The summed E-state index contributed by atoms with van der Waals surface area (Å²) in [5.74, 6) is 2.43. The second kappa shape index (κ2) is 6.40. The van der Waals surface area contributed by atoms with Gasteiger partial charge < -0.3 is 9.88 Å². The van der Waals surface area contributed by atoms with Gasteiger partial charge in [-0.25, -0.2) is 9.97 Å². The van der Waals surface area contributed by atoms with E-state index in [4.69, 9.17) is 0 Å². The molecule has 110 valence electrons. The number of anilines is 1. The Kier molecular flexibility index (Phi) is 4.35. The van der Waals surface area contributed by atoms with Crippen molar-refractivity contribution in [3.8, 4) is 0 Å². The van der Waals surface area contributed by atoms with E-state index in [2.05, 4.69) is 43.9 Å². The first kappa shape index (κ1) is 14.3. The third-order valence-corrected chi connectivity index (χ3v) is 4.75. The van der Waals surface area contributed by atoms with Crippen LogP contribution in [-0.4, -0.2) is 31.3 Å². The van der Waals surface area contributed by atoms with Crippen molar-refractivity contribution >= 4 is 39.1 Å². The first-order chi connectivity index (χ1) is 10.3. The van der Waals surface area contributed by atoms with Crippen molar-refractivity contribution in [1.82, 2.24) is 24.7 Å². The normalized spacial score (nSPS) is 11.1. The number of nitrogens with zero attached hydrogens (tertiary/aromatic N) is 5. The second-order valence-corrected chi connectivity index (χ2v) is 6.40. The molecule has 3 aromatic heterocycles. The molecule has 21 heavy (non-hydrogen) atoms. The molecule has 0 aliphatic heterocycles. The molecular formula is C13H16N6S2. The van der Waals surface area contributed by atoms with Gasteiger partial charge in [0, 0.05) is 13.6 Å². The van der Waals surface area contributed by atoms with Crippen molar-refractivity contribution in [3.63, 3.8) is 0 Å². The Morgan fingerprint density at radius 1 is 1.38 bits per heavy atom. The molecule has 0 aromatic carbocycles. The van der Waals surface area contributed by atoms with Gasteiger partial charge in [-0.1, -0.05) is 18.7 Å². The number of thioether (sulfide) groups is 1. The van der Waals surface area contributed by atoms with Gasteiger partial charge in [0.2, 0.25) is 0 Å².